The summed E-state index contributed by atoms with van der Waals surface area (Å²) in [5, 5.41) is 0. The highest BCUT2D eigenvalue weighted by Gasteiger charge is 2.13. The summed E-state index contributed by atoms with van der Waals surface area (Å²) in [6.07, 6.45) is 5.08. The van der Waals surface area contributed by atoms with Crippen molar-refractivity contribution in [3.05, 3.63) is 60.4 Å². The van der Waals surface area contributed by atoms with Gasteiger partial charge in [-0.2, -0.15) is 0 Å². The van der Waals surface area contributed by atoms with Gasteiger partial charge in [0.25, 0.3) is 0 Å². The molecular formula is C22H24N2O2. The van der Waals surface area contributed by atoms with E-state index in [1.54, 1.807) is 14.2 Å². The van der Waals surface area contributed by atoms with Crippen molar-refractivity contribution in [2.45, 2.75) is 26.2 Å². The second kappa shape index (κ2) is 8.48. The molecule has 4 heteroatoms. The standard InChI is InChI=1S/C22H24N2O2/c1-4-5-6-18-15-23-21(16-7-11-19(25-2)12-8-16)22(24-18)17-9-13-20(26-3)14-10-17/h7-15H,4-6H2,1-3H3. The van der Waals surface area contributed by atoms with Gasteiger partial charge in [-0.05, 0) is 61.4 Å². The zero-order valence-corrected chi connectivity index (χ0v) is 15.5. The third-order valence-corrected chi connectivity index (χ3v) is 4.34. The molecule has 0 aliphatic heterocycles. The van der Waals surface area contributed by atoms with Gasteiger partial charge in [0.15, 0.2) is 0 Å². The lowest BCUT2D eigenvalue weighted by atomic mass is 10.0. The van der Waals surface area contributed by atoms with Gasteiger partial charge in [-0.3, -0.25) is 4.98 Å². The molecule has 0 amide bonds. The Bertz CT molecular complexity index is 843. The summed E-state index contributed by atoms with van der Waals surface area (Å²) in [5.74, 6) is 1.65. The number of nitrogens with zero attached hydrogens (tertiary/aromatic N) is 2. The fourth-order valence-electron chi connectivity index (χ4n) is 2.81. The topological polar surface area (TPSA) is 44.2 Å². The van der Waals surface area contributed by atoms with E-state index in [4.69, 9.17) is 19.4 Å². The predicted molar refractivity (Wildman–Crippen MR) is 105 cm³/mol. The smallest absolute Gasteiger partial charge is 0.118 e. The van der Waals surface area contributed by atoms with Crippen LogP contribution in [0.3, 0.4) is 0 Å². The number of benzene rings is 2. The monoisotopic (exact) mass is 348 g/mol. The number of rotatable bonds is 7. The van der Waals surface area contributed by atoms with Gasteiger partial charge in [0.1, 0.15) is 11.5 Å². The summed E-state index contributed by atoms with van der Waals surface area (Å²) in [5.41, 5.74) is 4.84. The Balaban J connectivity index is 2.06. The van der Waals surface area contributed by atoms with Gasteiger partial charge in [0.2, 0.25) is 0 Å². The van der Waals surface area contributed by atoms with Gasteiger partial charge in [-0.25, -0.2) is 4.98 Å². The summed E-state index contributed by atoms with van der Waals surface area (Å²) in [7, 11) is 3.34. The molecule has 1 heterocycles. The second-order valence-corrected chi connectivity index (χ2v) is 6.12. The third kappa shape index (κ3) is 4.02. The number of aromatic nitrogens is 2. The fraction of sp³-hybridized carbons (Fsp3) is 0.273. The van der Waals surface area contributed by atoms with Gasteiger partial charge in [0.05, 0.1) is 31.3 Å². The van der Waals surface area contributed by atoms with Crippen molar-refractivity contribution >= 4 is 0 Å². The van der Waals surface area contributed by atoms with Crippen LogP contribution in [0.1, 0.15) is 25.5 Å². The molecule has 2 aromatic carbocycles. The van der Waals surface area contributed by atoms with Crippen LogP contribution in [0.4, 0.5) is 0 Å². The van der Waals surface area contributed by atoms with Gasteiger partial charge in [-0.15, -0.1) is 0 Å². The number of methoxy groups -OCH3 is 2. The van der Waals surface area contributed by atoms with Crippen LogP contribution >= 0.6 is 0 Å². The minimum Gasteiger partial charge on any atom is -0.497 e. The lowest BCUT2D eigenvalue weighted by molar-refractivity contribution is 0.414. The fourth-order valence-corrected chi connectivity index (χ4v) is 2.81. The van der Waals surface area contributed by atoms with Crippen molar-refractivity contribution < 1.29 is 9.47 Å². The lowest BCUT2D eigenvalue weighted by Crippen LogP contribution is -1.99. The van der Waals surface area contributed by atoms with Crippen molar-refractivity contribution in [3.8, 4) is 34.0 Å². The summed E-state index contributed by atoms with van der Waals surface area (Å²) in [4.78, 5) is 9.66. The summed E-state index contributed by atoms with van der Waals surface area (Å²) in [6.45, 7) is 2.18. The Hall–Kier alpha value is -2.88. The molecule has 3 aromatic rings. The van der Waals surface area contributed by atoms with E-state index >= 15 is 0 Å². The van der Waals surface area contributed by atoms with Crippen LogP contribution in [0.25, 0.3) is 22.5 Å². The average Bonchev–Trinajstić information content (AvgIpc) is 2.72. The van der Waals surface area contributed by atoms with Crippen LogP contribution in [0.5, 0.6) is 11.5 Å². The van der Waals surface area contributed by atoms with Crippen molar-refractivity contribution in [3.63, 3.8) is 0 Å². The Morgan fingerprint density at radius 3 is 1.81 bits per heavy atom. The average molecular weight is 348 g/mol. The molecule has 0 N–H and O–H groups in total. The van der Waals surface area contributed by atoms with Crippen molar-refractivity contribution in [1.82, 2.24) is 9.97 Å². The normalized spacial score (nSPS) is 10.6. The minimum atomic E-state index is 0.826. The van der Waals surface area contributed by atoms with Crippen LogP contribution in [-0.4, -0.2) is 24.2 Å². The maximum Gasteiger partial charge on any atom is 0.118 e. The van der Waals surface area contributed by atoms with E-state index in [9.17, 15) is 0 Å². The van der Waals surface area contributed by atoms with Gasteiger partial charge >= 0.3 is 0 Å². The van der Waals surface area contributed by atoms with E-state index in [1.165, 1.54) is 0 Å². The van der Waals surface area contributed by atoms with Crippen molar-refractivity contribution in [2.24, 2.45) is 0 Å². The van der Waals surface area contributed by atoms with E-state index < -0.39 is 0 Å². The third-order valence-electron chi connectivity index (χ3n) is 4.34. The summed E-state index contributed by atoms with van der Waals surface area (Å²) in [6, 6.07) is 15.9. The van der Waals surface area contributed by atoms with Gasteiger partial charge in [0, 0.05) is 17.3 Å². The molecule has 0 unspecified atom stereocenters. The Morgan fingerprint density at radius 1 is 0.769 bits per heavy atom. The minimum absolute atomic E-state index is 0.826. The number of aryl methyl sites for hydroxylation is 1. The molecule has 1 aromatic heterocycles. The van der Waals surface area contributed by atoms with Gasteiger partial charge in [-0.1, -0.05) is 13.3 Å². The highest BCUT2D eigenvalue weighted by molar-refractivity contribution is 5.78. The Labute approximate surface area is 154 Å². The van der Waals surface area contributed by atoms with E-state index in [-0.39, 0.29) is 0 Å². The molecule has 0 spiro atoms. The molecule has 4 nitrogen and oxygen atoms in total. The highest BCUT2D eigenvalue weighted by Crippen LogP contribution is 2.31. The van der Waals surface area contributed by atoms with E-state index in [1.807, 2.05) is 54.7 Å². The van der Waals surface area contributed by atoms with Crippen LogP contribution < -0.4 is 9.47 Å². The summed E-state index contributed by atoms with van der Waals surface area (Å²) < 4.78 is 10.5. The molecule has 26 heavy (non-hydrogen) atoms. The molecule has 0 saturated carbocycles. The molecule has 0 fully saturated rings. The molecule has 0 bridgehead atoms. The molecule has 0 aliphatic rings. The van der Waals surface area contributed by atoms with Crippen LogP contribution in [0, 0.1) is 0 Å². The molecule has 0 saturated heterocycles. The van der Waals surface area contributed by atoms with Crippen LogP contribution in [0.15, 0.2) is 54.7 Å². The first-order valence-corrected chi connectivity index (χ1v) is 8.90. The van der Waals surface area contributed by atoms with E-state index in [2.05, 4.69) is 6.92 Å². The Morgan fingerprint density at radius 2 is 1.31 bits per heavy atom. The first-order chi connectivity index (χ1) is 12.7. The molecule has 0 aliphatic carbocycles. The Kier molecular flexibility index (Phi) is 5.84. The maximum atomic E-state index is 5.27. The predicted octanol–water partition coefficient (Wildman–Crippen LogP) is 5.17. The second-order valence-electron chi connectivity index (χ2n) is 6.12. The first kappa shape index (κ1) is 17.9. The summed E-state index contributed by atoms with van der Waals surface area (Å²) >= 11 is 0. The molecular weight excluding hydrogens is 324 g/mol. The zero-order chi connectivity index (χ0) is 18.4. The first-order valence-electron chi connectivity index (χ1n) is 8.90. The molecule has 0 atom stereocenters. The number of ether oxygens (including phenoxy) is 2. The SMILES string of the molecule is CCCCc1cnc(-c2ccc(OC)cc2)c(-c2ccc(OC)cc2)n1. The molecule has 0 radical (unpaired) electrons. The lowest BCUT2D eigenvalue weighted by Gasteiger charge is -2.12. The van der Waals surface area contributed by atoms with Crippen molar-refractivity contribution in [1.29, 1.82) is 0 Å². The number of hydrogen-bond donors (Lipinski definition) is 0. The van der Waals surface area contributed by atoms with E-state index in [0.29, 0.717) is 0 Å². The molecule has 3 rings (SSSR count). The van der Waals surface area contributed by atoms with E-state index in [0.717, 1.165) is 59.0 Å². The number of hydrogen-bond acceptors (Lipinski definition) is 4. The highest BCUT2D eigenvalue weighted by atomic mass is 16.5. The van der Waals surface area contributed by atoms with Crippen LogP contribution in [-0.2, 0) is 6.42 Å². The molecule has 134 valence electrons. The van der Waals surface area contributed by atoms with Gasteiger partial charge < -0.3 is 9.47 Å². The quantitative estimate of drug-likeness (QED) is 0.591. The zero-order valence-electron chi connectivity index (χ0n) is 15.5. The van der Waals surface area contributed by atoms with Crippen LogP contribution in [0.2, 0.25) is 0 Å². The maximum absolute atomic E-state index is 5.27. The number of unbranched alkanes of at least 4 members (excludes halogenated alkanes) is 1. The van der Waals surface area contributed by atoms with Crippen molar-refractivity contribution in [2.75, 3.05) is 14.2 Å². The largest absolute Gasteiger partial charge is 0.497 e.